The van der Waals surface area contributed by atoms with Gasteiger partial charge in [0.15, 0.2) is 11.5 Å². The van der Waals surface area contributed by atoms with E-state index in [-0.39, 0.29) is 0 Å². The van der Waals surface area contributed by atoms with Crippen molar-refractivity contribution in [2.45, 2.75) is 20.8 Å². The minimum absolute atomic E-state index is 0.611. The first-order chi connectivity index (χ1) is 9.10. The molecular weight excluding hydrogens is 238 g/mol. The maximum atomic E-state index is 5.48. The number of anilines is 1. The maximum absolute atomic E-state index is 5.48. The highest BCUT2D eigenvalue weighted by molar-refractivity contribution is 5.77. The van der Waals surface area contributed by atoms with Crippen LogP contribution in [-0.2, 0) is 0 Å². The van der Waals surface area contributed by atoms with Crippen molar-refractivity contribution in [1.82, 2.24) is 10.3 Å². The Hall–Kier alpha value is -1.55. The van der Waals surface area contributed by atoms with Gasteiger partial charge in [-0.25, -0.2) is 4.98 Å². The molecule has 0 spiro atoms. The van der Waals surface area contributed by atoms with E-state index in [1.54, 1.807) is 0 Å². The molecule has 0 fully saturated rings. The molecule has 0 aliphatic rings. The fraction of sp³-hybridized carbons (Fsp3) is 0.533. The van der Waals surface area contributed by atoms with Gasteiger partial charge in [0.2, 0.25) is 0 Å². The van der Waals surface area contributed by atoms with E-state index in [9.17, 15) is 0 Å². The molecule has 4 heteroatoms. The molecular formula is C15H23N3O. The molecule has 2 N–H and O–H groups in total. The summed E-state index contributed by atoms with van der Waals surface area (Å²) < 4.78 is 5.48. The molecule has 2 aromatic rings. The summed E-state index contributed by atoms with van der Waals surface area (Å²) >= 11 is 0. The molecule has 0 aliphatic heterocycles. The molecule has 1 atom stereocenters. The highest BCUT2D eigenvalue weighted by Crippen LogP contribution is 2.20. The van der Waals surface area contributed by atoms with Crippen molar-refractivity contribution in [3.8, 4) is 0 Å². The van der Waals surface area contributed by atoms with Crippen molar-refractivity contribution in [2.24, 2.45) is 11.8 Å². The largest absolute Gasteiger partial charge is 0.441 e. The van der Waals surface area contributed by atoms with E-state index in [1.807, 2.05) is 32.2 Å². The molecule has 0 saturated carbocycles. The fourth-order valence-electron chi connectivity index (χ4n) is 2.21. The minimum atomic E-state index is 0.611. The van der Waals surface area contributed by atoms with Crippen LogP contribution in [0.1, 0.15) is 19.7 Å². The first-order valence-electron chi connectivity index (χ1n) is 6.86. The molecule has 2 rings (SSSR count). The summed E-state index contributed by atoms with van der Waals surface area (Å²) in [5, 5.41) is 6.74. The smallest absolute Gasteiger partial charge is 0.192 e. The lowest BCUT2D eigenvalue weighted by Crippen LogP contribution is -2.29. The number of oxazole rings is 1. The topological polar surface area (TPSA) is 50.1 Å². The summed E-state index contributed by atoms with van der Waals surface area (Å²) in [6, 6.07) is 6.06. The number of fused-ring (bicyclic) bond motifs is 1. The zero-order valence-corrected chi connectivity index (χ0v) is 12.2. The lowest BCUT2D eigenvalue weighted by Gasteiger charge is -2.21. The van der Waals surface area contributed by atoms with Crippen LogP contribution in [0.3, 0.4) is 0 Å². The van der Waals surface area contributed by atoms with Crippen molar-refractivity contribution in [1.29, 1.82) is 0 Å². The van der Waals surface area contributed by atoms with E-state index in [0.717, 1.165) is 29.9 Å². The quantitative estimate of drug-likeness (QED) is 0.839. The molecule has 0 amide bonds. The molecule has 1 aromatic heterocycles. The molecule has 1 unspecified atom stereocenters. The van der Waals surface area contributed by atoms with Crippen molar-refractivity contribution < 1.29 is 4.42 Å². The Morgan fingerprint density at radius 3 is 2.74 bits per heavy atom. The molecule has 0 bridgehead atoms. The number of rotatable bonds is 6. The van der Waals surface area contributed by atoms with Crippen molar-refractivity contribution in [3.05, 3.63) is 24.1 Å². The second kappa shape index (κ2) is 6.06. The van der Waals surface area contributed by atoms with Crippen LogP contribution in [0.5, 0.6) is 0 Å². The van der Waals surface area contributed by atoms with E-state index < -0.39 is 0 Å². The first-order valence-corrected chi connectivity index (χ1v) is 6.86. The second-order valence-corrected chi connectivity index (χ2v) is 5.36. The van der Waals surface area contributed by atoms with Crippen molar-refractivity contribution in [3.63, 3.8) is 0 Å². The molecule has 0 saturated heterocycles. The van der Waals surface area contributed by atoms with Gasteiger partial charge in [0, 0.05) is 19.2 Å². The molecule has 0 aliphatic carbocycles. The normalized spacial score (nSPS) is 13.1. The Morgan fingerprint density at radius 1 is 1.26 bits per heavy atom. The summed E-state index contributed by atoms with van der Waals surface area (Å²) in [5.41, 5.74) is 2.86. The summed E-state index contributed by atoms with van der Waals surface area (Å²) in [6.07, 6.45) is 0. The Morgan fingerprint density at radius 2 is 2.05 bits per heavy atom. The van der Waals surface area contributed by atoms with Gasteiger partial charge in [0.05, 0.1) is 0 Å². The number of nitrogens with zero attached hydrogens (tertiary/aromatic N) is 1. The molecule has 0 radical (unpaired) electrons. The predicted octanol–water partition coefficient (Wildman–Crippen LogP) is 3.04. The van der Waals surface area contributed by atoms with Gasteiger partial charge in [0.25, 0.3) is 0 Å². The van der Waals surface area contributed by atoms with E-state index in [2.05, 4.69) is 29.5 Å². The summed E-state index contributed by atoms with van der Waals surface area (Å²) in [5.74, 6) is 1.97. The highest BCUT2D eigenvalue weighted by atomic mass is 16.3. The number of benzene rings is 1. The number of hydrogen-bond acceptors (Lipinski definition) is 4. The minimum Gasteiger partial charge on any atom is -0.441 e. The van der Waals surface area contributed by atoms with Gasteiger partial charge in [-0.1, -0.05) is 13.8 Å². The van der Waals surface area contributed by atoms with Crippen LogP contribution in [0, 0.1) is 18.8 Å². The maximum Gasteiger partial charge on any atom is 0.192 e. The number of nitrogens with one attached hydrogen (secondary N) is 2. The third-order valence-electron chi connectivity index (χ3n) is 3.47. The van der Waals surface area contributed by atoms with Gasteiger partial charge in [0.1, 0.15) is 5.52 Å². The lowest BCUT2D eigenvalue weighted by molar-refractivity contribution is 0.390. The average molecular weight is 261 g/mol. The van der Waals surface area contributed by atoms with Crippen molar-refractivity contribution in [2.75, 3.05) is 25.5 Å². The van der Waals surface area contributed by atoms with Gasteiger partial charge >= 0.3 is 0 Å². The Bertz CT molecular complexity index is 533. The van der Waals surface area contributed by atoms with Crippen LogP contribution in [0.25, 0.3) is 11.1 Å². The van der Waals surface area contributed by atoms with Gasteiger partial charge in [-0.15, -0.1) is 0 Å². The first kappa shape index (κ1) is 13.9. The van der Waals surface area contributed by atoms with Gasteiger partial charge in [-0.05, 0) is 43.6 Å². The van der Waals surface area contributed by atoms with Gasteiger partial charge in [-0.2, -0.15) is 0 Å². The summed E-state index contributed by atoms with van der Waals surface area (Å²) in [6.45, 7) is 8.37. The molecule has 104 valence electrons. The molecule has 4 nitrogen and oxygen atoms in total. The molecule has 19 heavy (non-hydrogen) atoms. The number of hydrogen-bond donors (Lipinski definition) is 2. The summed E-state index contributed by atoms with van der Waals surface area (Å²) in [4.78, 5) is 4.35. The monoisotopic (exact) mass is 261 g/mol. The Balaban J connectivity index is 2.04. The van der Waals surface area contributed by atoms with Crippen LogP contribution >= 0.6 is 0 Å². The van der Waals surface area contributed by atoms with Crippen LogP contribution in [0.15, 0.2) is 22.6 Å². The second-order valence-electron chi connectivity index (χ2n) is 5.36. The Labute approximate surface area is 114 Å². The van der Waals surface area contributed by atoms with E-state index >= 15 is 0 Å². The van der Waals surface area contributed by atoms with E-state index in [4.69, 9.17) is 4.42 Å². The molecule has 1 heterocycles. The zero-order valence-electron chi connectivity index (χ0n) is 12.2. The van der Waals surface area contributed by atoms with Crippen LogP contribution < -0.4 is 10.6 Å². The Kier molecular flexibility index (Phi) is 4.43. The lowest BCUT2D eigenvalue weighted by atomic mass is 9.95. The van der Waals surface area contributed by atoms with Crippen molar-refractivity contribution >= 4 is 16.8 Å². The van der Waals surface area contributed by atoms with Gasteiger partial charge in [-0.3, -0.25) is 0 Å². The van der Waals surface area contributed by atoms with E-state index in [0.29, 0.717) is 17.7 Å². The van der Waals surface area contributed by atoms with Crippen LogP contribution in [-0.4, -0.2) is 25.1 Å². The summed E-state index contributed by atoms with van der Waals surface area (Å²) in [7, 11) is 2.00. The zero-order chi connectivity index (χ0) is 13.8. The third kappa shape index (κ3) is 3.47. The van der Waals surface area contributed by atoms with Crippen LogP contribution in [0.4, 0.5) is 5.69 Å². The number of aryl methyl sites for hydroxylation is 1. The van der Waals surface area contributed by atoms with E-state index in [1.165, 1.54) is 0 Å². The number of aromatic nitrogens is 1. The SMILES string of the molecule is CNCC(CNc1ccc2oc(C)nc2c1)C(C)C. The van der Waals surface area contributed by atoms with Crippen LogP contribution in [0.2, 0.25) is 0 Å². The predicted molar refractivity (Wildman–Crippen MR) is 79.5 cm³/mol. The average Bonchev–Trinajstić information content (AvgIpc) is 2.73. The highest BCUT2D eigenvalue weighted by Gasteiger charge is 2.12. The standard InChI is InChI=1S/C15H23N3O/c1-10(2)12(8-16-4)9-17-13-5-6-15-14(7-13)18-11(3)19-15/h5-7,10,12,16-17H,8-9H2,1-4H3. The van der Waals surface area contributed by atoms with Gasteiger partial charge < -0.3 is 15.1 Å². The third-order valence-corrected chi connectivity index (χ3v) is 3.47. The molecule has 1 aromatic carbocycles. The fourth-order valence-corrected chi connectivity index (χ4v) is 2.21.